The van der Waals surface area contributed by atoms with Gasteiger partial charge in [0.05, 0.1) is 13.2 Å². The van der Waals surface area contributed by atoms with Gasteiger partial charge in [0.15, 0.2) is 18.3 Å². The van der Waals surface area contributed by atoms with Crippen LogP contribution in [-0.2, 0) is 68.2 Å². The molecule has 0 radical (unpaired) electrons. The van der Waals surface area contributed by atoms with Crippen molar-refractivity contribution in [1.82, 2.24) is 0 Å². The Hall–Kier alpha value is -1.63. The van der Waals surface area contributed by atoms with Crippen molar-refractivity contribution >= 4 is 42.4 Å². The van der Waals surface area contributed by atoms with Crippen molar-refractivity contribution in [3.8, 4) is 0 Å². The molecule has 2 heterocycles. The molecule has 14 heteroatoms. The highest BCUT2D eigenvalue weighted by atomic mass is 32.5. The Bertz CT molecular complexity index is 801. The molecule has 2 rings (SSSR count). The predicted molar refractivity (Wildman–Crippen MR) is 113 cm³/mol. The molecule has 2 saturated heterocycles. The molecule has 2 aliphatic heterocycles. The van der Waals surface area contributed by atoms with Gasteiger partial charge in [-0.15, -0.1) is 0 Å². The van der Waals surface area contributed by atoms with Crippen LogP contribution < -0.4 is 0 Å². The number of rotatable bonds is 7. The van der Waals surface area contributed by atoms with Crippen LogP contribution >= 0.6 is 6.72 Å². The minimum atomic E-state index is -3.35. The average molecular weight is 512 g/mol. The van der Waals surface area contributed by atoms with Crippen molar-refractivity contribution in [3.63, 3.8) is 0 Å². The van der Waals surface area contributed by atoms with Crippen LogP contribution in [0.1, 0.15) is 41.5 Å². The molecule has 0 spiro atoms. The highest BCUT2D eigenvalue weighted by Crippen LogP contribution is 2.57. The number of carbonyl (C=O) groups excluding carboxylic acids is 4. The van der Waals surface area contributed by atoms with Gasteiger partial charge in [0.25, 0.3) is 0 Å². The Morgan fingerprint density at radius 2 is 1.33 bits per heavy atom. The van der Waals surface area contributed by atoms with Crippen LogP contribution in [0.5, 0.6) is 0 Å². The van der Waals surface area contributed by atoms with Gasteiger partial charge in [0.1, 0.15) is 12.7 Å². The van der Waals surface area contributed by atoms with Crippen LogP contribution in [0.4, 0.5) is 0 Å². The third-order valence-electron chi connectivity index (χ3n) is 4.41. The Balaban J connectivity index is 2.40. The SMILES string of the molecule is CC(=O)OC[C@H]1O[C@@H](OP2(=S)OCC(C)(C)CO2)[C@H](OC(C)=O)[C@@H](OC(C)=O)[C@@H]1OC(C)=O. The summed E-state index contributed by atoms with van der Waals surface area (Å²) in [4.78, 5) is 46.8. The average Bonchev–Trinajstić information content (AvgIpc) is 2.67. The van der Waals surface area contributed by atoms with E-state index in [9.17, 15) is 19.2 Å². The maximum atomic E-state index is 11.8. The van der Waals surface area contributed by atoms with E-state index in [1.807, 2.05) is 13.8 Å². The first kappa shape index (κ1) is 27.6. The summed E-state index contributed by atoms with van der Waals surface area (Å²) in [6.07, 6.45) is -6.65. The fourth-order valence-electron chi connectivity index (χ4n) is 3.05. The zero-order valence-electron chi connectivity index (χ0n) is 19.3. The van der Waals surface area contributed by atoms with E-state index in [2.05, 4.69) is 0 Å². The summed E-state index contributed by atoms with van der Waals surface area (Å²) >= 11 is 5.42. The Labute approximate surface area is 196 Å². The second-order valence-corrected chi connectivity index (χ2v) is 11.3. The summed E-state index contributed by atoms with van der Waals surface area (Å²) in [6, 6.07) is 0. The topological polar surface area (TPSA) is 142 Å². The summed E-state index contributed by atoms with van der Waals surface area (Å²) in [6.45, 7) is 5.15. The van der Waals surface area contributed by atoms with Gasteiger partial charge in [-0.05, 0) is 11.8 Å². The maximum Gasteiger partial charge on any atom is 0.329 e. The van der Waals surface area contributed by atoms with Gasteiger partial charge in [-0.25, -0.2) is 0 Å². The highest BCUT2D eigenvalue weighted by Gasteiger charge is 2.54. The van der Waals surface area contributed by atoms with E-state index < -0.39 is 61.3 Å². The first-order valence-electron chi connectivity index (χ1n) is 10.1. The van der Waals surface area contributed by atoms with E-state index >= 15 is 0 Å². The van der Waals surface area contributed by atoms with Crippen molar-refractivity contribution < 1.29 is 56.4 Å². The largest absolute Gasteiger partial charge is 0.463 e. The minimum absolute atomic E-state index is 0.246. The number of hydrogen-bond donors (Lipinski definition) is 0. The minimum Gasteiger partial charge on any atom is -0.463 e. The first-order chi connectivity index (χ1) is 15.2. The van der Waals surface area contributed by atoms with Gasteiger partial charge in [0.2, 0.25) is 6.29 Å². The number of carbonyl (C=O) groups is 4. The second kappa shape index (κ2) is 11.2. The Kier molecular flexibility index (Phi) is 9.37. The molecule has 0 bridgehead atoms. The molecule has 0 saturated carbocycles. The molecule has 0 unspecified atom stereocenters. The molecule has 2 fully saturated rings. The monoisotopic (exact) mass is 512 g/mol. The van der Waals surface area contributed by atoms with Crippen molar-refractivity contribution in [2.75, 3.05) is 19.8 Å². The van der Waals surface area contributed by atoms with Crippen LogP contribution in [-0.4, -0.2) is 74.4 Å². The van der Waals surface area contributed by atoms with Gasteiger partial charge in [0, 0.05) is 33.1 Å². The van der Waals surface area contributed by atoms with Crippen molar-refractivity contribution in [1.29, 1.82) is 0 Å². The number of ether oxygens (including phenoxy) is 5. The molecular formula is C19H29O12PS. The van der Waals surface area contributed by atoms with Gasteiger partial charge in [-0.3, -0.25) is 23.7 Å². The van der Waals surface area contributed by atoms with E-state index in [0.29, 0.717) is 0 Å². The van der Waals surface area contributed by atoms with E-state index in [1.54, 1.807) is 0 Å². The molecule has 5 atom stereocenters. The van der Waals surface area contributed by atoms with Crippen LogP contribution in [0, 0.1) is 5.41 Å². The third kappa shape index (κ3) is 8.27. The quantitative estimate of drug-likeness (QED) is 0.276. The van der Waals surface area contributed by atoms with Crippen molar-refractivity contribution in [2.24, 2.45) is 5.41 Å². The van der Waals surface area contributed by atoms with Crippen molar-refractivity contribution in [3.05, 3.63) is 0 Å². The smallest absolute Gasteiger partial charge is 0.329 e. The van der Waals surface area contributed by atoms with Crippen molar-refractivity contribution in [2.45, 2.75) is 72.2 Å². The zero-order chi connectivity index (χ0) is 25.0. The predicted octanol–water partition coefficient (Wildman–Crippen LogP) is 1.38. The van der Waals surface area contributed by atoms with E-state index in [0.717, 1.165) is 20.8 Å². The molecule has 0 aromatic heterocycles. The molecule has 12 nitrogen and oxygen atoms in total. The molecule has 0 N–H and O–H groups in total. The zero-order valence-corrected chi connectivity index (χ0v) is 21.0. The molecular weight excluding hydrogens is 483 g/mol. The third-order valence-corrected chi connectivity index (χ3v) is 6.66. The molecule has 188 valence electrons. The lowest BCUT2D eigenvalue weighted by Gasteiger charge is -2.45. The normalized spacial score (nSPS) is 30.5. The second-order valence-electron chi connectivity index (χ2n) is 8.33. The lowest BCUT2D eigenvalue weighted by molar-refractivity contribution is -0.291. The highest BCUT2D eigenvalue weighted by molar-refractivity contribution is 8.07. The van der Waals surface area contributed by atoms with Crippen LogP contribution in [0.2, 0.25) is 0 Å². The summed E-state index contributed by atoms with van der Waals surface area (Å²) in [5, 5.41) is 0. The first-order valence-corrected chi connectivity index (χ1v) is 12.6. The van der Waals surface area contributed by atoms with E-state index in [4.69, 9.17) is 49.1 Å². The van der Waals surface area contributed by atoms with Crippen LogP contribution in [0.25, 0.3) is 0 Å². The van der Waals surface area contributed by atoms with Gasteiger partial charge in [-0.1, -0.05) is 13.8 Å². The summed E-state index contributed by atoms with van der Waals surface area (Å²) < 4.78 is 44.0. The maximum absolute atomic E-state index is 11.8. The standard InChI is InChI=1S/C19H29O12PS/c1-10(20)24-7-14-15(27-11(2)21)16(28-12(3)22)17(29-13(4)23)18(30-14)31-32(33)25-8-19(5,6)9-26-32/h14-18H,7-9H2,1-6H3/t14-,15-,16+,17-,18+/m1/s1. The molecule has 33 heavy (non-hydrogen) atoms. The molecule has 0 aromatic carbocycles. The Morgan fingerprint density at radius 1 is 0.848 bits per heavy atom. The van der Waals surface area contributed by atoms with Crippen LogP contribution in [0.3, 0.4) is 0 Å². The fraction of sp³-hybridized carbons (Fsp3) is 0.789. The molecule has 0 amide bonds. The molecule has 2 aliphatic rings. The number of hydrogen-bond acceptors (Lipinski definition) is 13. The van der Waals surface area contributed by atoms with Crippen LogP contribution in [0.15, 0.2) is 0 Å². The van der Waals surface area contributed by atoms with Gasteiger partial charge in [-0.2, -0.15) is 0 Å². The van der Waals surface area contributed by atoms with E-state index in [1.165, 1.54) is 6.92 Å². The molecule has 0 aliphatic carbocycles. The van der Waals surface area contributed by atoms with Gasteiger partial charge < -0.3 is 32.7 Å². The molecule has 0 aromatic rings. The lowest BCUT2D eigenvalue weighted by atomic mass is 9.97. The summed E-state index contributed by atoms with van der Waals surface area (Å²) in [5.41, 5.74) is -0.299. The fourth-order valence-corrected chi connectivity index (χ4v) is 5.25. The summed E-state index contributed by atoms with van der Waals surface area (Å²) in [5.74, 6) is -2.87. The Morgan fingerprint density at radius 3 is 1.82 bits per heavy atom. The lowest BCUT2D eigenvalue weighted by Crippen LogP contribution is -2.62. The van der Waals surface area contributed by atoms with Gasteiger partial charge >= 0.3 is 30.6 Å². The number of esters is 4. The summed E-state index contributed by atoms with van der Waals surface area (Å²) in [7, 11) is 0. The van der Waals surface area contributed by atoms with E-state index in [-0.39, 0.29) is 25.2 Å².